The molecule has 28 heavy (non-hydrogen) atoms. The minimum Gasteiger partial charge on any atom is -0.491 e. The van der Waals surface area contributed by atoms with Crippen LogP contribution >= 0.6 is 0 Å². The van der Waals surface area contributed by atoms with Crippen molar-refractivity contribution in [2.75, 3.05) is 23.7 Å². The van der Waals surface area contributed by atoms with E-state index in [0.29, 0.717) is 17.8 Å². The predicted molar refractivity (Wildman–Crippen MR) is 113 cm³/mol. The molecule has 0 aliphatic heterocycles. The van der Waals surface area contributed by atoms with E-state index >= 15 is 0 Å². The van der Waals surface area contributed by atoms with Crippen molar-refractivity contribution in [1.82, 2.24) is 5.32 Å². The lowest BCUT2D eigenvalue weighted by molar-refractivity contribution is -0.114. The number of nitrogens with one attached hydrogen (secondary N) is 3. The molecule has 0 aliphatic rings. The number of carbonyl (C=O) groups excluding carboxylic acids is 2. The lowest BCUT2D eigenvalue weighted by Gasteiger charge is -2.13. The van der Waals surface area contributed by atoms with Crippen LogP contribution in [0.4, 0.5) is 11.4 Å². The van der Waals surface area contributed by atoms with Crippen molar-refractivity contribution in [2.24, 2.45) is 0 Å². The number of amides is 2. The van der Waals surface area contributed by atoms with E-state index in [4.69, 9.17) is 4.74 Å². The molecule has 0 saturated heterocycles. The summed E-state index contributed by atoms with van der Waals surface area (Å²) in [5.74, 6) is 0.495. The van der Waals surface area contributed by atoms with Gasteiger partial charge in [-0.2, -0.15) is 0 Å². The summed E-state index contributed by atoms with van der Waals surface area (Å²) >= 11 is 0. The van der Waals surface area contributed by atoms with Crippen LogP contribution in [0.1, 0.15) is 44.0 Å². The molecule has 6 heteroatoms. The standard InChI is InChI=1S/C22H29N3O3/c1-4-13-23-22(27)17-7-6-8-19(14-17)24-15-21(26)25-18-9-11-20(12-10-18)28-16(3)5-2/h6-12,14,16,24H,4-5,13,15H2,1-3H3,(H,23,27)(H,25,26). The number of hydrogen-bond donors (Lipinski definition) is 3. The third-order valence-electron chi connectivity index (χ3n) is 4.16. The molecule has 1 atom stereocenters. The topological polar surface area (TPSA) is 79.5 Å². The Balaban J connectivity index is 1.84. The van der Waals surface area contributed by atoms with E-state index in [1.165, 1.54) is 0 Å². The Morgan fingerprint density at radius 2 is 1.79 bits per heavy atom. The lowest BCUT2D eigenvalue weighted by atomic mass is 10.2. The van der Waals surface area contributed by atoms with Crippen LogP contribution < -0.4 is 20.7 Å². The minimum absolute atomic E-state index is 0.102. The quantitative estimate of drug-likeness (QED) is 0.578. The summed E-state index contributed by atoms with van der Waals surface area (Å²) in [6.07, 6.45) is 1.98. The molecule has 6 nitrogen and oxygen atoms in total. The number of hydrogen-bond acceptors (Lipinski definition) is 4. The van der Waals surface area contributed by atoms with Crippen LogP contribution in [-0.2, 0) is 4.79 Å². The fourth-order valence-electron chi connectivity index (χ4n) is 2.43. The molecule has 3 N–H and O–H groups in total. The molecule has 2 aromatic carbocycles. The summed E-state index contributed by atoms with van der Waals surface area (Å²) in [4.78, 5) is 24.2. The predicted octanol–water partition coefficient (Wildman–Crippen LogP) is 4.05. The van der Waals surface area contributed by atoms with E-state index < -0.39 is 0 Å². The Labute approximate surface area is 166 Å². The maximum absolute atomic E-state index is 12.2. The van der Waals surface area contributed by atoms with Crippen molar-refractivity contribution >= 4 is 23.2 Å². The Morgan fingerprint density at radius 3 is 2.46 bits per heavy atom. The first-order valence-electron chi connectivity index (χ1n) is 9.70. The fourth-order valence-corrected chi connectivity index (χ4v) is 2.43. The van der Waals surface area contributed by atoms with E-state index in [2.05, 4.69) is 22.9 Å². The second-order valence-corrected chi connectivity index (χ2v) is 6.60. The second kappa shape index (κ2) is 11.0. The van der Waals surface area contributed by atoms with Gasteiger partial charge < -0.3 is 20.7 Å². The molecular weight excluding hydrogens is 354 g/mol. The van der Waals surface area contributed by atoms with Crippen molar-refractivity contribution in [1.29, 1.82) is 0 Å². The van der Waals surface area contributed by atoms with Gasteiger partial charge in [0, 0.05) is 23.5 Å². The first-order valence-corrected chi connectivity index (χ1v) is 9.70. The number of ether oxygens (including phenoxy) is 1. The van der Waals surface area contributed by atoms with Gasteiger partial charge >= 0.3 is 0 Å². The molecule has 1 unspecified atom stereocenters. The molecule has 0 heterocycles. The second-order valence-electron chi connectivity index (χ2n) is 6.60. The molecule has 0 fully saturated rings. The summed E-state index contributed by atoms with van der Waals surface area (Å²) in [6, 6.07) is 14.4. The normalized spacial score (nSPS) is 11.4. The molecule has 0 aliphatic carbocycles. The molecule has 2 rings (SSSR count). The van der Waals surface area contributed by atoms with E-state index in [9.17, 15) is 9.59 Å². The van der Waals surface area contributed by atoms with Crippen molar-refractivity contribution in [3.05, 3.63) is 54.1 Å². The van der Waals surface area contributed by atoms with Gasteiger partial charge in [-0.05, 0) is 62.2 Å². The van der Waals surface area contributed by atoms with Crippen LogP contribution in [0.5, 0.6) is 5.75 Å². The van der Waals surface area contributed by atoms with E-state index in [0.717, 1.165) is 24.3 Å². The average Bonchev–Trinajstić information content (AvgIpc) is 2.72. The molecule has 2 amide bonds. The van der Waals surface area contributed by atoms with Crippen LogP contribution in [-0.4, -0.2) is 31.0 Å². The highest BCUT2D eigenvalue weighted by molar-refractivity contribution is 5.96. The largest absolute Gasteiger partial charge is 0.491 e. The van der Waals surface area contributed by atoms with Crippen LogP contribution in [0.25, 0.3) is 0 Å². The van der Waals surface area contributed by atoms with Gasteiger partial charge in [0.05, 0.1) is 12.6 Å². The molecule has 2 aromatic rings. The highest BCUT2D eigenvalue weighted by atomic mass is 16.5. The zero-order valence-electron chi connectivity index (χ0n) is 16.7. The van der Waals surface area contributed by atoms with Crippen LogP contribution in [0, 0.1) is 0 Å². The Kier molecular flexibility index (Phi) is 8.34. The van der Waals surface area contributed by atoms with Crippen molar-refractivity contribution in [2.45, 2.75) is 39.7 Å². The Hall–Kier alpha value is -3.02. The fraction of sp³-hybridized carbons (Fsp3) is 0.364. The van der Waals surface area contributed by atoms with E-state index in [1.54, 1.807) is 18.2 Å². The zero-order valence-corrected chi connectivity index (χ0v) is 16.7. The van der Waals surface area contributed by atoms with Gasteiger partial charge in [-0.25, -0.2) is 0 Å². The first-order chi connectivity index (χ1) is 13.5. The number of rotatable bonds is 10. The summed E-state index contributed by atoms with van der Waals surface area (Å²) in [5, 5.41) is 8.72. The molecular formula is C22H29N3O3. The smallest absolute Gasteiger partial charge is 0.251 e. The maximum Gasteiger partial charge on any atom is 0.251 e. The molecule has 0 radical (unpaired) electrons. The van der Waals surface area contributed by atoms with Gasteiger partial charge in [0.15, 0.2) is 0 Å². The average molecular weight is 383 g/mol. The molecule has 0 spiro atoms. The van der Waals surface area contributed by atoms with Gasteiger partial charge in [-0.1, -0.05) is 19.9 Å². The summed E-state index contributed by atoms with van der Waals surface area (Å²) in [6.45, 7) is 6.83. The number of carbonyl (C=O) groups is 2. The maximum atomic E-state index is 12.2. The third kappa shape index (κ3) is 6.95. The van der Waals surface area contributed by atoms with Gasteiger partial charge in [0.1, 0.15) is 5.75 Å². The molecule has 150 valence electrons. The summed E-state index contributed by atoms with van der Waals surface area (Å²) < 4.78 is 5.73. The van der Waals surface area contributed by atoms with Gasteiger partial charge in [-0.3, -0.25) is 9.59 Å². The van der Waals surface area contributed by atoms with Crippen molar-refractivity contribution < 1.29 is 14.3 Å². The molecule has 0 aromatic heterocycles. The van der Waals surface area contributed by atoms with Gasteiger partial charge in [0.2, 0.25) is 5.91 Å². The number of benzene rings is 2. The molecule has 0 saturated carbocycles. The monoisotopic (exact) mass is 383 g/mol. The number of anilines is 2. The van der Waals surface area contributed by atoms with E-state index in [-0.39, 0.29) is 24.5 Å². The highest BCUT2D eigenvalue weighted by Gasteiger charge is 2.07. The Morgan fingerprint density at radius 1 is 1.04 bits per heavy atom. The van der Waals surface area contributed by atoms with Crippen LogP contribution in [0.2, 0.25) is 0 Å². The Bertz CT molecular complexity index is 775. The van der Waals surface area contributed by atoms with Crippen molar-refractivity contribution in [3.8, 4) is 5.75 Å². The summed E-state index contributed by atoms with van der Waals surface area (Å²) in [7, 11) is 0. The van der Waals surface area contributed by atoms with E-state index in [1.807, 2.05) is 44.2 Å². The lowest BCUT2D eigenvalue weighted by Crippen LogP contribution is -2.24. The van der Waals surface area contributed by atoms with Crippen LogP contribution in [0.3, 0.4) is 0 Å². The van der Waals surface area contributed by atoms with Gasteiger partial charge in [-0.15, -0.1) is 0 Å². The van der Waals surface area contributed by atoms with Crippen molar-refractivity contribution in [3.63, 3.8) is 0 Å². The molecule has 0 bridgehead atoms. The summed E-state index contributed by atoms with van der Waals surface area (Å²) in [5.41, 5.74) is 1.99. The SMILES string of the molecule is CCCNC(=O)c1cccc(NCC(=O)Nc2ccc(OC(C)CC)cc2)c1. The van der Waals surface area contributed by atoms with Crippen LogP contribution in [0.15, 0.2) is 48.5 Å². The highest BCUT2D eigenvalue weighted by Crippen LogP contribution is 2.17. The third-order valence-corrected chi connectivity index (χ3v) is 4.16. The first kappa shape index (κ1) is 21.3. The van der Waals surface area contributed by atoms with Gasteiger partial charge in [0.25, 0.3) is 5.91 Å². The minimum atomic E-state index is -0.170. The zero-order chi connectivity index (χ0) is 20.4.